The fraction of sp³-hybridized carbons (Fsp3) is 0.200. The third-order valence-corrected chi connectivity index (χ3v) is 2.77. The van der Waals surface area contributed by atoms with Crippen LogP contribution in [0.4, 0.5) is 0 Å². The van der Waals surface area contributed by atoms with Crippen LogP contribution >= 0.6 is 0 Å². The summed E-state index contributed by atoms with van der Waals surface area (Å²) in [5.41, 5.74) is 1.67. The normalized spacial score (nSPS) is 12.1. The maximum absolute atomic E-state index is 12.1. The summed E-state index contributed by atoms with van der Waals surface area (Å²) < 4.78 is 0. The quantitative estimate of drug-likeness (QED) is 0.816. The zero-order chi connectivity index (χ0) is 12.8. The van der Waals surface area contributed by atoms with Crippen LogP contribution in [0.3, 0.4) is 0 Å². The first-order chi connectivity index (χ1) is 8.77. The predicted molar refractivity (Wildman–Crippen MR) is 71.3 cm³/mol. The molecule has 2 rings (SSSR count). The van der Waals surface area contributed by atoms with E-state index in [-0.39, 0.29) is 11.8 Å². The average molecular weight is 240 g/mol. The van der Waals surface area contributed by atoms with Gasteiger partial charge in [-0.25, -0.2) is 0 Å². The Bertz CT molecular complexity index is 496. The van der Waals surface area contributed by atoms with Gasteiger partial charge in [0.25, 0.3) is 0 Å². The van der Waals surface area contributed by atoms with Gasteiger partial charge in [0.1, 0.15) is 0 Å². The molecule has 0 fully saturated rings. The van der Waals surface area contributed by atoms with Gasteiger partial charge in [0, 0.05) is 18.3 Å². The molecule has 0 aliphatic carbocycles. The van der Waals surface area contributed by atoms with Gasteiger partial charge in [0.05, 0.1) is 11.7 Å². The van der Waals surface area contributed by atoms with Crippen molar-refractivity contribution in [3.8, 4) is 0 Å². The van der Waals surface area contributed by atoms with E-state index in [9.17, 15) is 4.79 Å². The van der Waals surface area contributed by atoms with Gasteiger partial charge in [0.2, 0.25) is 0 Å². The van der Waals surface area contributed by atoms with Crippen molar-refractivity contribution in [3.05, 3.63) is 66.0 Å². The number of rotatable bonds is 5. The minimum atomic E-state index is -0.214. The Morgan fingerprint density at radius 1 is 1.17 bits per heavy atom. The lowest BCUT2D eigenvalue weighted by Crippen LogP contribution is -2.33. The Morgan fingerprint density at radius 2 is 1.89 bits per heavy atom. The van der Waals surface area contributed by atoms with Gasteiger partial charge in [-0.1, -0.05) is 36.4 Å². The molecular weight excluding hydrogens is 224 g/mol. The first kappa shape index (κ1) is 12.5. The second-order valence-electron chi connectivity index (χ2n) is 4.15. The van der Waals surface area contributed by atoms with E-state index in [4.69, 9.17) is 0 Å². The van der Waals surface area contributed by atoms with E-state index in [0.29, 0.717) is 6.54 Å². The molecule has 0 radical (unpaired) electrons. The number of nitrogens with zero attached hydrogens (tertiary/aromatic N) is 1. The third kappa shape index (κ3) is 3.25. The number of Topliss-reactive ketones (excluding diaryl/α,β-unsaturated/α-hetero) is 1. The number of aromatic nitrogens is 1. The summed E-state index contributed by atoms with van der Waals surface area (Å²) in [6.45, 7) is 2.47. The molecule has 0 aliphatic rings. The summed E-state index contributed by atoms with van der Waals surface area (Å²) in [5.74, 6) is 0.103. The van der Waals surface area contributed by atoms with Gasteiger partial charge in [0.15, 0.2) is 5.78 Å². The largest absolute Gasteiger partial charge is 0.302 e. The van der Waals surface area contributed by atoms with E-state index in [1.54, 1.807) is 6.20 Å². The number of carbonyl (C=O) groups excluding carboxylic acids is 1. The molecule has 1 heterocycles. The van der Waals surface area contributed by atoms with Gasteiger partial charge >= 0.3 is 0 Å². The summed E-state index contributed by atoms with van der Waals surface area (Å²) >= 11 is 0. The molecule has 0 amide bonds. The molecule has 0 saturated heterocycles. The van der Waals surface area contributed by atoms with Crippen LogP contribution in [-0.2, 0) is 6.54 Å². The van der Waals surface area contributed by atoms with Crippen LogP contribution in [0.2, 0.25) is 0 Å². The third-order valence-electron chi connectivity index (χ3n) is 2.77. The summed E-state index contributed by atoms with van der Waals surface area (Å²) in [5, 5.41) is 3.19. The van der Waals surface area contributed by atoms with Crippen molar-refractivity contribution in [2.24, 2.45) is 0 Å². The van der Waals surface area contributed by atoms with E-state index in [1.807, 2.05) is 55.5 Å². The molecule has 1 atom stereocenters. The first-order valence-corrected chi connectivity index (χ1v) is 6.00. The average Bonchev–Trinajstić information content (AvgIpc) is 2.46. The van der Waals surface area contributed by atoms with E-state index >= 15 is 0 Å². The molecule has 3 heteroatoms. The number of hydrogen-bond donors (Lipinski definition) is 1. The molecule has 3 nitrogen and oxygen atoms in total. The van der Waals surface area contributed by atoms with E-state index in [0.717, 1.165) is 11.3 Å². The highest BCUT2D eigenvalue weighted by atomic mass is 16.1. The summed E-state index contributed by atoms with van der Waals surface area (Å²) in [7, 11) is 0. The van der Waals surface area contributed by atoms with Crippen molar-refractivity contribution in [2.75, 3.05) is 0 Å². The summed E-state index contributed by atoms with van der Waals surface area (Å²) in [6.07, 6.45) is 1.75. The number of benzene rings is 1. The second kappa shape index (κ2) is 6.07. The van der Waals surface area contributed by atoms with Crippen LogP contribution in [-0.4, -0.2) is 16.8 Å². The molecule has 1 N–H and O–H groups in total. The van der Waals surface area contributed by atoms with Crippen LogP contribution in [0.5, 0.6) is 0 Å². The van der Waals surface area contributed by atoms with Gasteiger partial charge in [-0.2, -0.15) is 0 Å². The van der Waals surface area contributed by atoms with E-state index < -0.39 is 0 Å². The second-order valence-corrected chi connectivity index (χ2v) is 4.15. The van der Waals surface area contributed by atoms with Gasteiger partial charge < -0.3 is 5.32 Å². The van der Waals surface area contributed by atoms with Crippen molar-refractivity contribution in [1.82, 2.24) is 10.3 Å². The molecule has 0 aliphatic heterocycles. The van der Waals surface area contributed by atoms with Gasteiger partial charge in [-0.05, 0) is 19.1 Å². The standard InChI is InChI=1S/C15H16N2O/c1-12(15(18)13-7-3-2-4-8-13)17-11-14-9-5-6-10-16-14/h2-10,12,17H,11H2,1H3. The first-order valence-electron chi connectivity index (χ1n) is 6.00. The Balaban J connectivity index is 1.93. The highest BCUT2D eigenvalue weighted by Crippen LogP contribution is 2.04. The molecule has 2 aromatic rings. The predicted octanol–water partition coefficient (Wildman–Crippen LogP) is 2.44. The maximum Gasteiger partial charge on any atom is 0.179 e. The van der Waals surface area contributed by atoms with E-state index in [1.165, 1.54) is 0 Å². The zero-order valence-electron chi connectivity index (χ0n) is 10.3. The van der Waals surface area contributed by atoms with Crippen LogP contribution in [0.15, 0.2) is 54.7 Å². The van der Waals surface area contributed by atoms with Crippen molar-refractivity contribution in [3.63, 3.8) is 0 Å². The molecule has 18 heavy (non-hydrogen) atoms. The van der Waals surface area contributed by atoms with Crippen LogP contribution < -0.4 is 5.32 Å². The summed E-state index contributed by atoms with van der Waals surface area (Å²) in [4.78, 5) is 16.3. The minimum Gasteiger partial charge on any atom is -0.302 e. The lowest BCUT2D eigenvalue weighted by molar-refractivity contribution is 0.0950. The fourth-order valence-electron chi connectivity index (χ4n) is 1.71. The Kier molecular flexibility index (Phi) is 4.20. The fourth-order valence-corrected chi connectivity index (χ4v) is 1.71. The van der Waals surface area contributed by atoms with Gasteiger partial charge in [-0.3, -0.25) is 9.78 Å². The lowest BCUT2D eigenvalue weighted by atomic mass is 10.1. The minimum absolute atomic E-state index is 0.103. The highest BCUT2D eigenvalue weighted by molar-refractivity contribution is 5.99. The zero-order valence-corrected chi connectivity index (χ0v) is 10.3. The molecular formula is C15H16N2O. The van der Waals surface area contributed by atoms with Crippen LogP contribution in [0.1, 0.15) is 23.0 Å². The molecule has 0 bridgehead atoms. The molecule has 92 valence electrons. The van der Waals surface area contributed by atoms with Crippen molar-refractivity contribution >= 4 is 5.78 Å². The van der Waals surface area contributed by atoms with Crippen molar-refractivity contribution in [2.45, 2.75) is 19.5 Å². The Morgan fingerprint density at radius 3 is 2.56 bits per heavy atom. The monoisotopic (exact) mass is 240 g/mol. The number of pyridine rings is 1. The van der Waals surface area contributed by atoms with Crippen molar-refractivity contribution < 1.29 is 4.79 Å². The number of hydrogen-bond acceptors (Lipinski definition) is 3. The smallest absolute Gasteiger partial charge is 0.179 e. The summed E-state index contributed by atoms with van der Waals surface area (Å²) in [6, 6.07) is 14.9. The molecule has 0 spiro atoms. The molecule has 1 aromatic carbocycles. The SMILES string of the molecule is CC(NCc1ccccn1)C(=O)c1ccccc1. The van der Waals surface area contributed by atoms with Crippen molar-refractivity contribution in [1.29, 1.82) is 0 Å². The number of nitrogens with one attached hydrogen (secondary N) is 1. The maximum atomic E-state index is 12.1. The molecule has 1 unspecified atom stereocenters. The van der Waals surface area contributed by atoms with E-state index in [2.05, 4.69) is 10.3 Å². The molecule has 1 aromatic heterocycles. The van der Waals surface area contributed by atoms with Crippen LogP contribution in [0.25, 0.3) is 0 Å². The number of carbonyl (C=O) groups is 1. The highest BCUT2D eigenvalue weighted by Gasteiger charge is 2.13. The Hall–Kier alpha value is -2.00. The van der Waals surface area contributed by atoms with Gasteiger partial charge in [-0.15, -0.1) is 0 Å². The topological polar surface area (TPSA) is 42.0 Å². The Labute approximate surface area is 107 Å². The number of ketones is 1. The lowest BCUT2D eigenvalue weighted by Gasteiger charge is -2.12. The molecule has 0 saturated carbocycles. The van der Waals surface area contributed by atoms with Crippen LogP contribution in [0, 0.1) is 0 Å².